The SMILES string of the molecule is COc1ccc(-c2cc(=O)c3c(O[Si](C)(C)C)c(OC)c(OC4OC(COC5OC(C)C(O[Si](C)(C)C)C(O[Si](C)(C)C)C5O[Si](C)(C)C)C(O[Si](C)(C)C)C(O[Si](C)(C)C)C4O[Si](C)(C)C)cc3o2)cc1. The highest BCUT2D eigenvalue weighted by Gasteiger charge is 2.55. The average molecular weight is 1130 g/mol. The molecule has 0 radical (unpaired) electrons. The molecule has 2 aliphatic rings. The van der Waals surface area contributed by atoms with Crippen molar-refractivity contribution in [2.24, 2.45) is 0 Å². The Labute approximate surface area is 438 Å². The first-order valence-corrected chi connectivity index (χ1v) is 49.3. The fraction of sp³-hybridized carbons (Fsp3) is 0.700. The number of fused-ring (bicyclic) bond motifs is 1. The molecule has 72 heavy (non-hydrogen) atoms. The Kier molecular flexibility index (Phi) is 19.4. The predicted molar refractivity (Wildman–Crippen MR) is 304 cm³/mol. The molecule has 10 unspecified atom stereocenters. The number of rotatable bonds is 22. The van der Waals surface area contributed by atoms with E-state index in [0.29, 0.717) is 17.1 Å². The van der Waals surface area contributed by atoms with Gasteiger partial charge in [-0.15, -0.1) is 0 Å². The van der Waals surface area contributed by atoms with Gasteiger partial charge in [-0.1, -0.05) is 0 Å². The van der Waals surface area contributed by atoms with E-state index >= 15 is 0 Å². The lowest BCUT2D eigenvalue weighted by molar-refractivity contribution is -0.309. The summed E-state index contributed by atoms with van der Waals surface area (Å²) in [5.74, 6) is 1.72. The molecule has 2 aromatic carbocycles. The van der Waals surface area contributed by atoms with Crippen LogP contribution in [-0.2, 0) is 40.8 Å². The normalized spacial score (nSPS) is 26.2. The van der Waals surface area contributed by atoms with E-state index in [1.807, 2.05) is 50.8 Å². The third-order valence-corrected chi connectivity index (χ3v) is 17.5. The maximum atomic E-state index is 14.3. The Morgan fingerprint density at radius 2 is 0.958 bits per heavy atom. The van der Waals surface area contributed by atoms with Gasteiger partial charge in [0.1, 0.15) is 59.1 Å². The summed E-state index contributed by atoms with van der Waals surface area (Å²) < 4.78 is 95.8. The Morgan fingerprint density at radius 3 is 1.43 bits per heavy atom. The molecular formula is C50H90O15Si7. The van der Waals surface area contributed by atoms with Crippen molar-refractivity contribution in [3.8, 4) is 34.3 Å². The number of hydrogen-bond acceptors (Lipinski definition) is 15. The van der Waals surface area contributed by atoms with Crippen LogP contribution in [-0.4, -0.2) is 140 Å². The molecule has 5 rings (SSSR count). The molecule has 2 aliphatic heterocycles. The quantitative estimate of drug-likeness (QED) is 0.0877. The lowest BCUT2D eigenvalue weighted by Gasteiger charge is -2.52. The second-order valence-corrected chi connectivity index (χ2v) is 57.1. The summed E-state index contributed by atoms with van der Waals surface area (Å²) in [5, 5.41) is 0.235. The number of methoxy groups -OCH3 is 2. The van der Waals surface area contributed by atoms with Gasteiger partial charge in [-0.2, -0.15) is 0 Å². The van der Waals surface area contributed by atoms with Crippen molar-refractivity contribution in [1.82, 2.24) is 0 Å². The highest BCUT2D eigenvalue weighted by Crippen LogP contribution is 2.46. The fourth-order valence-corrected chi connectivity index (χ4v) is 16.0. The molecule has 10 atom stereocenters. The summed E-state index contributed by atoms with van der Waals surface area (Å²) >= 11 is 0. The van der Waals surface area contributed by atoms with Crippen LogP contribution in [0.2, 0.25) is 137 Å². The van der Waals surface area contributed by atoms with Crippen molar-refractivity contribution in [2.75, 3.05) is 20.8 Å². The molecule has 408 valence electrons. The molecule has 1 aromatic heterocycles. The van der Waals surface area contributed by atoms with Crippen LogP contribution in [0.3, 0.4) is 0 Å². The fourth-order valence-electron chi connectivity index (χ4n) is 8.63. The number of ether oxygens (including phenoxy) is 6. The summed E-state index contributed by atoms with van der Waals surface area (Å²) in [7, 11) is -12.9. The standard InChI is InChI=1S/C50H90O15Si7/c1-32-41(59-66(4,5)6)45(62-69(13,14)15)47(64-71(19,20)21)49(55-32)54-31-39-43(60-67(7,8)9)46(63-70(16,17)18)48(65-72(22,23)24)50(58-39)57-38-30-37-40(44(42(38)53-3)61-68(10,11)12)35(51)29-36(56-37)33-25-27-34(52-2)28-26-33/h25-30,32,39,41,43,45-50H,31H2,1-24H3. The topological polar surface area (TPSA) is 150 Å². The summed E-state index contributed by atoms with van der Waals surface area (Å²) in [6.45, 7) is 47.1. The molecule has 3 aromatic rings. The van der Waals surface area contributed by atoms with E-state index in [-0.39, 0.29) is 52.5 Å². The maximum Gasteiger partial charge on any atom is 0.242 e. The highest BCUT2D eigenvalue weighted by molar-refractivity contribution is 6.72. The summed E-state index contributed by atoms with van der Waals surface area (Å²) in [5.41, 5.74) is 0.635. The molecular weight excluding hydrogens is 1040 g/mol. The van der Waals surface area contributed by atoms with Crippen LogP contribution in [0.1, 0.15) is 6.92 Å². The van der Waals surface area contributed by atoms with E-state index in [9.17, 15) is 4.79 Å². The molecule has 22 heteroatoms. The summed E-state index contributed by atoms with van der Waals surface area (Å²) in [6.07, 6.45) is -6.62. The predicted octanol–water partition coefficient (Wildman–Crippen LogP) is 11.9. The van der Waals surface area contributed by atoms with Crippen LogP contribution in [0.5, 0.6) is 23.0 Å². The first-order chi connectivity index (χ1) is 32.7. The van der Waals surface area contributed by atoms with Crippen LogP contribution < -0.4 is 24.1 Å². The molecule has 2 saturated heterocycles. The van der Waals surface area contributed by atoms with E-state index in [4.69, 9.17) is 63.8 Å². The minimum atomic E-state index is -2.42. The summed E-state index contributed by atoms with van der Waals surface area (Å²) in [4.78, 5) is 14.3. The first-order valence-electron chi connectivity index (χ1n) is 25.4. The number of benzene rings is 2. The van der Waals surface area contributed by atoms with E-state index in [1.165, 1.54) is 13.2 Å². The van der Waals surface area contributed by atoms with Gasteiger partial charge < -0.3 is 63.8 Å². The number of hydrogen-bond donors (Lipinski definition) is 0. The monoisotopic (exact) mass is 1130 g/mol. The molecule has 0 saturated carbocycles. The first kappa shape index (κ1) is 60.9. The Morgan fingerprint density at radius 1 is 0.500 bits per heavy atom. The summed E-state index contributed by atoms with van der Waals surface area (Å²) in [6, 6.07) is 10.5. The zero-order chi connectivity index (χ0) is 54.3. The molecule has 3 heterocycles. The highest BCUT2D eigenvalue weighted by atomic mass is 28.4. The van der Waals surface area contributed by atoms with E-state index in [1.54, 1.807) is 13.2 Å². The smallest absolute Gasteiger partial charge is 0.242 e. The lowest BCUT2D eigenvalue weighted by Crippen LogP contribution is -2.68. The van der Waals surface area contributed by atoms with Crippen LogP contribution in [0, 0.1) is 0 Å². The van der Waals surface area contributed by atoms with Gasteiger partial charge in [0, 0.05) is 17.7 Å². The minimum Gasteiger partial charge on any atom is -0.541 e. The second-order valence-electron chi connectivity index (χ2n) is 25.9. The van der Waals surface area contributed by atoms with Crippen molar-refractivity contribution >= 4 is 69.2 Å². The van der Waals surface area contributed by atoms with Gasteiger partial charge in [0.05, 0.1) is 33.0 Å². The van der Waals surface area contributed by atoms with Gasteiger partial charge in [-0.25, -0.2) is 0 Å². The molecule has 0 aliphatic carbocycles. The van der Waals surface area contributed by atoms with Gasteiger partial charge in [-0.3, -0.25) is 4.79 Å². The zero-order valence-electron chi connectivity index (χ0n) is 48.1. The van der Waals surface area contributed by atoms with Crippen LogP contribution in [0.4, 0.5) is 0 Å². The van der Waals surface area contributed by atoms with Crippen molar-refractivity contribution in [2.45, 2.75) is 206 Å². The third-order valence-electron chi connectivity index (χ3n) is 10.8. The average Bonchev–Trinajstić information content (AvgIpc) is 3.18. The van der Waals surface area contributed by atoms with E-state index < -0.39 is 107 Å². The molecule has 0 amide bonds. The van der Waals surface area contributed by atoms with Crippen LogP contribution >= 0.6 is 0 Å². The maximum absolute atomic E-state index is 14.3. The Balaban J connectivity index is 1.70. The van der Waals surface area contributed by atoms with Crippen LogP contribution in [0.25, 0.3) is 22.3 Å². The molecule has 2 fully saturated rings. The van der Waals surface area contributed by atoms with Crippen molar-refractivity contribution in [3.63, 3.8) is 0 Å². The molecule has 0 bridgehead atoms. The van der Waals surface area contributed by atoms with E-state index in [0.717, 1.165) is 0 Å². The third kappa shape index (κ3) is 17.5. The van der Waals surface area contributed by atoms with Gasteiger partial charge in [0.15, 0.2) is 73.1 Å². The van der Waals surface area contributed by atoms with Gasteiger partial charge in [0.25, 0.3) is 0 Å². The van der Waals surface area contributed by atoms with Crippen molar-refractivity contribution in [3.05, 3.63) is 46.6 Å². The van der Waals surface area contributed by atoms with Crippen molar-refractivity contribution in [1.29, 1.82) is 0 Å². The lowest BCUT2D eigenvalue weighted by atomic mass is 9.98. The second kappa shape index (κ2) is 22.9. The largest absolute Gasteiger partial charge is 0.541 e. The minimum absolute atomic E-state index is 0.0152. The van der Waals surface area contributed by atoms with Crippen molar-refractivity contribution < 1.29 is 63.8 Å². The molecule has 15 nitrogen and oxygen atoms in total. The van der Waals surface area contributed by atoms with Gasteiger partial charge in [-0.05, 0) is 169 Å². The van der Waals surface area contributed by atoms with Crippen LogP contribution in [0.15, 0.2) is 45.6 Å². The van der Waals surface area contributed by atoms with E-state index in [2.05, 4.69) is 118 Å². The Hall–Kier alpha value is -1.99. The Bertz CT molecular complexity index is 2320. The molecule has 0 N–H and O–H groups in total. The van der Waals surface area contributed by atoms with Gasteiger partial charge in [0.2, 0.25) is 20.4 Å². The van der Waals surface area contributed by atoms with Gasteiger partial charge >= 0.3 is 0 Å². The zero-order valence-corrected chi connectivity index (χ0v) is 55.1. The molecule has 0 spiro atoms.